The molecule has 1 unspecified atom stereocenters. The second-order valence-corrected chi connectivity index (χ2v) is 3.88. The molecule has 16 heavy (non-hydrogen) atoms. The van der Waals surface area contributed by atoms with Crippen molar-refractivity contribution in [3.63, 3.8) is 0 Å². The SMILES string of the molecule is CC(N)Cn1cnc2cc(O)ccc2c1=O. The van der Waals surface area contributed by atoms with Gasteiger partial charge in [0.2, 0.25) is 0 Å². The molecule has 2 rings (SSSR count). The molecule has 5 heteroatoms. The highest BCUT2D eigenvalue weighted by Crippen LogP contribution is 2.14. The van der Waals surface area contributed by atoms with E-state index in [4.69, 9.17) is 5.73 Å². The molecule has 84 valence electrons. The first-order chi connectivity index (χ1) is 7.58. The van der Waals surface area contributed by atoms with Crippen LogP contribution in [0.5, 0.6) is 5.75 Å². The number of phenols is 1. The number of nitrogens with two attached hydrogens (primary N) is 1. The third-order valence-electron chi connectivity index (χ3n) is 2.29. The van der Waals surface area contributed by atoms with Crippen LogP contribution in [-0.2, 0) is 6.54 Å². The molecule has 0 aliphatic rings. The van der Waals surface area contributed by atoms with E-state index < -0.39 is 0 Å². The molecule has 1 heterocycles. The van der Waals surface area contributed by atoms with Crippen LogP contribution < -0.4 is 11.3 Å². The van der Waals surface area contributed by atoms with E-state index in [2.05, 4.69) is 4.98 Å². The molecule has 0 spiro atoms. The predicted molar refractivity (Wildman–Crippen MR) is 61.3 cm³/mol. The molecule has 0 aliphatic carbocycles. The van der Waals surface area contributed by atoms with Gasteiger partial charge < -0.3 is 10.8 Å². The first kappa shape index (κ1) is 10.6. The summed E-state index contributed by atoms with van der Waals surface area (Å²) in [6, 6.07) is 4.40. The molecule has 0 radical (unpaired) electrons. The average Bonchev–Trinajstić information content (AvgIpc) is 2.22. The minimum atomic E-state index is -0.137. The van der Waals surface area contributed by atoms with Crippen LogP contribution in [0.25, 0.3) is 10.9 Å². The van der Waals surface area contributed by atoms with Crippen molar-refractivity contribution in [1.29, 1.82) is 0 Å². The Balaban J connectivity index is 2.61. The molecule has 0 aliphatic heterocycles. The van der Waals surface area contributed by atoms with Gasteiger partial charge >= 0.3 is 0 Å². The Morgan fingerprint density at radius 3 is 3.00 bits per heavy atom. The van der Waals surface area contributed by atoms with Crippen molar-refractivity contribution in [2.45, 2.75) is 19.5 Å². The lowest BCUT2D eigenvalue weighted by atomic mass is 10.2. The van der Waals surface area contributed by atoms with Crippen LogP contribution in [0.2, 0.25) is 0 Å². The molecule has 2 aromatic rings. The van der Waals surface area contributed by atoms with E-state index in [-0.39, 0.29) is 17.4 Å². The van der Waals surface area contributed by atoms with E-state index in [1.807, 2.05) is 6.92 Å². The van der Waals surface area contributed by atoms with Crippen molar-refractivity contribution in [3.8, 4) is 5.75 Å². The Morgan fingerprint density at radius 1 is 1.56 bits per heavy atom. The molecule has 1 atom stereocenters. The summed E-state index contributed by atoms with van der Waals surface area (Å²) in [5.41, 5.74) is 5.99. The summed E-state index contributed by atoms with van der Waals surface area (Å²) < 4.78 is 1.48. The lowest BCUT2D eigenvalue weighted by Gasteiger charge is -2.08. The monoisotopic (exact) mass is 219 g/mol. The highest BCUT2D eigenvalue weighted by molar-refractivity contribution is 5.78. The Bertz CT molecular complexity index is 575. The fourth-order valence-electron chi connectivity index (χ4n) is 1.59. The van der Waals surface area contributed by atoms with Crippen molar-refractivity contribution in [2.24, 2.45) is 5.73 Å². The van der Waals surface area contributed by atoms with Crippen molar-refractivity contribution in [2.75, 3.05) is 0 Å². The molecule has 0 saturated heterocycles. The smallest absolute Gasteiger partial charge is 0.261 e. The molecule has 1 aromatic carbocycles. The number of benzene rings is 1. The summed E-state index contributed by atoms with van der Waals surface area (Å²) in [4.78, 5) is 16.1. The zero-order chi connectivity index (χ0) is 11.7. The standard InChI is InChI=1S/C11H13N3O2/c1-7(12)5-14-6-13-10-4-8(15)2-3-9(10)11(14)16/h2-4,6-7,15H,5,12H2,1H3. The topological polar surface area (TPSA) is 81.1 Å². The number of phenolic OH excluding ortho intramolecular Hbond substituents is 1. The maximum atomic E-state index is 12.0. The van der Waals surface area contributed by atoms with Gasteiger partial charge in [0.15, 0.2) is 0 Å². The van der Waals surface area contributed by atoms with E-state index in [0.717, 1.165) is 0 Å². The number of aromatic hydroxyl groups is 1. The van der Waals surface area contributed by atoms with E-state index in [9.17, 15) is 9.90 Å². The molecule has 3 N–H and O–H groups in total. The zero-order valence-electron chi connectivity index (χ0n) is 8.92. The van der Waals surface area contributed by atoms with Crippen LogP contribution in [0.1, 0.15) is 6.92 Å². The van der Waals surface area contributed by atoms with E-state index in [0.29, 0.717) is 17.4 Å². The fraction of sp³-hybridized carbons (Fsp3) is 0.273. The van der Waals surface area contributed by atoms with Gasteiger partial charge in [-0.3, -0.25) is 9.36 Å². The number of aromatic nitrogens is 2. The normalized spacial score (nSPS) is 12.9. The number of nitrogens with zero attached hydrogens (tertiary/aromatic N) is 2. The number of hydrogen-bond donors (Lipinski definition) is 2. The maximum absolute atomic E-state index is 12.0. The molecule has 5 nitrogen and oxygen atoms in total. The van der Waals surface area contributed by atoms with Gasteiger partial charge in [-0.15, -0.1) is 0 Å². The van der Waals surface area contributed by atoms with Crippen LogP contribution >= 0.6 is 0 Å². The van der Waals surface area contributed by atoms with Gasteiger partial charge in [0.25, 0.3) is 5.56 Å². The summed E-state index contributed by atoms with van der Waals surface area (Å²) in [5, 5.41) is 9.75. The Labute approximate surface area is 92.2 Å². The summed E-state index contributed by atoms with van der Waals surface area (Å²) in [7, 11) is 0. The summed E-state index contributed by atoms with van der Waals surface area (Å²) in [6.45, 7) is 2.26. The van der Waals surface area contributed by atoms with E-state index in [1.54, 1.807) is 6.07 Å². The summed E-state index contributed by atoms with van der Waals surface area (Å²) >= 11 is 0. The van der Waals surface area contributed by atoms with Gasteiger partial charge in [0, 0.05) is 18.7 Å². The van der Waals surface area contributed by atoms with Crippen LogP contribution in [0.3, 0.4) is 0 Å². The van der Waals surface area contributed by atoms with Gasteiger partial charge in [-0.2, -0.15) is 0 Å². The van der Waals surface area contributed by atoms with Crippen molar-refractivity contribution < 1.29 is 5.11 Å². The van der Waals surface area contributed by atoms with Crippen molar-refractivity contribution in [1.82, 2.24) is 9.55 Å². The molecule has 0 saturated carbocycles. The minimum Gasteiger partial charge on any atom is -0.508 e. The van der Waals surface area contributed by atoms with Crippen molar-refractivity contribution in [3.05, 3.63) is 34.9 Å². The summed E-state index contributed by atoms with van der Waals surface area (Å²) in [6.07, 6.45) is 1.45. The lowest BCUT2D eigenvalue weighted by molar-refractivity contribution is 0.476. The first-order valence-electron chi connectivity index (χ1n) is 5.01. The Morgan fingerprint density at radius 2 is 2.31 bits per heavy atom. The summed E-state index contributed by atoms with van der Waals surface area (Å²) in [5.74, 6) is 0.101. The van der Waals surface area contributed by atoms with Crippen LogP contribution in [0.15, 0.2) is 29.3 Å². The molecular weight excluding hydrogens is 206 g/mol. The van der Waals surface area contributed by atoms with Crippen molar-refractivity contribution >= 4 is 10.9 Å². The van der Waals surface area contributed by atoms with Gasteiger partial charge in [-0.1, -0.05) is 0 Å². The van der Waals surface area contributed by atoms with Crippen LogP contribution in [0.4, 0.5) is 0 Å². The zero-order valence-corrected chi connectivity index (χ0v) is 8.92. The minimum absolute atomic E-state index is 0.101. The maximum Gasteiger partial charge on any atom is 0.261 e. The quantitative estimate of drug-likeness (QED) is 0.768. The van der Waals surface area contributed by atoms with Gasteiger partial charge in [-0.05, 0) is 19.1 Å². The van der Waals surface area contributed by atoms with Gasteiger partial charge in [0.05, 0.1) is 17.2 Å². The van der Waals surface area contributed by atoms with E-state index >= 15 is 0 Å². The lowest BCUT2D eigenvalue weighted by Crippen LogP contribution is -2.30. The average molecular weight is 219 g/mol. The number of rotatable bonds is 2. The molecular formula is C11H13N3O2. The highest BCUT2D eigenvalue weighted by Gasteiger charge is 2.05. The second kappa shape index (κ2) is 3.94. The van der Waals surface area contributed by atoms with Crippen LogP contribution in [-0.4, -0.2) is 20.7 Å². The Kier molecular flexibility index (Phi) is 2.62. The Hall–Kier alpha value is -1.88. The molecule has 0 bridgehead atoms. The molecule has 0 fully saturated rings. The molecule has 1 aromatic heterocycles. The van der Waals surface area contributed by atoms with Gasteiger partial charge in [-0.25, -0.2) is 4.98 Å². The number of fused-ring (bicyclic) bond motifs is 1. The van der Waals surface area contributed by atoms with E-state index in [1.165, 1.54) is 23.0 Å². The third-order valence-corrected chi connectivity index (χ3v) is 2.29. The van der Waals surface area contributed by atoms with Gasteiger partial charge in [0.1, 0.15) is 5.75 Å². The fourth-order valence-corrected chi connectivity index (χ4v) is 1.59. The second-order valence-electron chi connectivity index (χ2n) is 3.88. The number of hydrogen-bond acceptors (Lipinski definition) is 4. The van der Waals surface area contributed by atoms with Crippen LogP contribution in [0, 0.1) is 0 Å². The first-order valence-corrected chi connectivity index (χ1v) is 5.01. The highest BCUT2D eigenvalue weighted by atomic mass is 16.3. The largest absolute Gasteiger partial charge is 0.508 e. The molecule has 0 amide bonds. The predicted octanol–water partition coefficient (Wildman–Crippen LogP) is 0.449. The third kappa shape index (κ3) is 1.90.